The Morgan fingerprint density at radius 2 is 2.22 bits per heavy atom. The van der Waals surface area contributed by atoms with Crippen LogP contribution in [-0.2, 0) is 4.74 Å². The van der Waals surface area contributed by atoms with Crippen molar-refractivity contribution in [3.05, 3.63) is 52.3 Å². The summed E-state index contributed by atoms with van der Waals surface area (Å²) in [4.78, 5) is 22.3. The number of nitrogens with zero attached hydrogens (tertiary/aromatic N) is 3. The normalized spacial score (nSPS) is 17.1. The van der Waals surface area contributed by atoms with Gasteiger partial charge in [-0.15, -0.1) is 0 Å². The molecule has 23 heavy (non-hydrogen) atoms. The van der Waals surface area contributed by atoms with Gasteiger partial charge in [0.1, 0.15) is 0 Å². The smallest absolute Gasteiger partial charge is 0.269 e. The van der Waals surface area contributed by atoms with Gasteiger partial charge in [-0.05, 0) is 25.0 Å². The summed E-state index contributed by atoms with van der Waals surface area (Å²) < 4.78 is 6.96. The fourth-order valence-electron chi connectivity index (χ4n) is 2.42. The summed E-state index contributed by atoms with van der Waals surface area (Å²) in [5.74, 6) is -0.214. The maximum Gasteiger partial charge on any atom is 0.269 e. The summed E-state index contributed by atoms with van der Waals surface area (Å²) in [5, 5.41) is 17.6. The van der Waals surface area contributed by atoms with Gasteiger partial charge in [0.25, 0.3) is 11.6 Å². The number of hydrogen-bond acceptors (Lipinski definition) is 5. The Bertz CT molecular complexity index is 705. The summed E-state index contributed by atoms with van der Waals surface area (Å²) >= 11 is 0. The van der Waals surface area contributed by atoms with Crippen molar-refractivity contribution < 1.29 is 14.5 Å². The molecular formula is C15H16N4O4. The SMILES string of the molecule is O=C(NCC1CCCO1)c1cnn(-c2ccc([N+](=O)[O-])cc2)c1. The zero-order valence-electron chi connectivity index (χ0n) is 12.3. The third-order valence-electron chi connectivity index (χ3n) is 3.68. The van der Waals surface area contributed by atoms with E-state index in [1.54, 1.807) is 18.3 Å². The summed E-state index contributed by atoms with van der Waals surface area (Å²) in [7, 11) is 0. The summed E-state index contributed by atoms with van der Waals surface area (Å²) in [6.45, 7) is 1.24. The molecule has 8 nitrogen and oxygen atoms in total. The molecule has 2 heterocycles. The monoisotopic (exact) mass is 316 g/mol. The van der Waals surface area contributed by atoms with E-state index in [9.17, 15) is 14.9 Å². The average Bonchev–Trinajstić information content (AvgIpc) is 3.24. The van der Waals surface area contributed by atoms with E-state index in [1.807, 2.05) is 0 Å². The van der Waals surface area contributed by atoms with Crippen molar-refractivity contribution in [3.63, 3.8) is 0 Å². The van der Waals surface area contributed by atoms with Gasteiger partial charge in [-0.1, -0.05) is 0 Å². The quantitative estimate of drug-likeness (QED) is 0.668. The lowest BCUT2D eigenvalue weighted by atomic mass is 10.2. The van der Waals surface area contributed by atoms with E-state index in [0.717, 1.165) is 19.4 Å². The van der Waals surface area contributed by atoms with E-state index in [0.29, 0.717) is 17.8 Å². The molecule has 1 aliphatic heterocycles. The third-order valence-corrected chi connectivity index (χ3v) is 3.68. The standard InChI is InChI=1S/C15H16N4O4/c20-15(16-9-14-2-1-7-23-14)11-8-17-18(10-11)12-3-5-13(6-4-12)19(21)22/h3-6,8,10,14H,1-2,7,9H2,(H,16,20). The van der Waals surface area contributed by atoms with E-state index >= 15 is 0 Å². The molecule has 1 N–H and O–H groups in total. The largest absolute Gasteiger partial charge is 0.376 e. The number of carbonyl (C=O) groups is 1. The molecule has 1 unspecified atom stereocenters. The number of aromatic nitrogens is 2. The van der Waals surface area contributed by atoms with Crippen molar-refractivity contribution in [1.29, 1.82) is 0 Å². The second-order valence-corrected chi connectivity index (χ2v) is 5.29. The third kappa shape index (κ3) is 3.54. The molecule has 1 amide bonds. The summed E-state index contributed by atoms with van der Waals surface area (Å²) in [6.07, 6.45) is 5.13. The number of non-ortho nitro benzene ring substituents is 1. The molecule has 1 atom stereocenters. The molecule has 3 rings (SSSR count). The maximum atomic E-state index is 12.1. The van der Waals surface area contributed by atoms with Crippen LogP contribution in [0.15, 0.2) is 36.7 Å². The Balaban J connectivity index is 1.64. The number of carbonyl (C=O) groups excluding carboxylic acids is 1. The highest BCUT2D eigenvalue weighted by molar-refractivity contribution is 5.93. The number of hydrogen-bond donors (Lipinski definition) is 1. The van der Waals surface area contributed by atoms with Crippen LogP contribution in [0.3, 0.4) is 0 Å². The lowest BCUT2D eigenvalue weighted by Gasteiger charge is -2.09. The van der Waals surface area contributed by atoms with Gasteiger partial charge in [0.2, 0.25) is 0 Å². The minimum atomic E-state index is -0.461. The van der Waals surface area contributed by atoms with Crippen LogP contribution in [0.2, 0.25) is 0 Å². The van der Waals surface area contributed by atoms with Gasteiger partial charge in [-0.25, -0.2) is 4.68 Å². The molecule has 1 aromatic carbocycles. The van der Waals surface area contributed by atoms with Crippen molar-refractivity contribution in [2.24, 2.45) is 0 Å². The van der Waals surface area contributed by atoms with Crippen molar-refractivity contribution in [2.75, 3.05) is 13.2 Å². The minimum absolute atomic E-state index is 0.00966. The van der Waals surface area contributed by atoms with Crippen LogP contribution >= 0.6 is 0 Å². The molecular weight excluding hydrogens is 300 g/mol. The van der Waals surface area contributed by atoms with E-state index < -0.39 is 4.92 Å². The van der Waals surface area contributed by atoms with Gasteiger partial charge in [-0.3, -0.25) is 14.9 Å². The molecule has 1 aliphatic rings. The number of amides is 1. The molecule has 0 saturated carbocycles. The Morgan fingerprint density at radius 3 is 2.87 bits per heavy atom. The zero-order chi connectivity index (χ0) is 16.2. The van der Waals surface area contributed by atoms with Gasteiger partial charge in [0, 0.05) is 31.5 Å². The first kappa shape index (κ1) is 15.2. The number of nitrogens with one attached hydrogen (secondary N) is 1. The fourth-order valence-corrected chi connectivity index (χ4v) is 2.42. The van der Waals surface area contributed by atoms with E-state index in [-0.39, 0.29) is 17.7 Å². The Hall–Kier alpha value is -2.74. The van der Waals surface area contributed by atoms with Crippen LogP contribution in [0.25, 0.3) is 5.69 Å². The van der Waals surface area contributed by atoms with Gasteiger partial charge in [-0.2, -0.15) is 5.10 Å². The van der Waals surface area contributed by atoms with Crippen LogP contribution < -0.4 is 5.32 Å². The number of rotatable bonds is 5. The highest BCUT2D eigenvalue weighted by atomic mass is 16.6. The second kappa shape index (κ2) is 6.57. The highest BCUT2D eigenvalue weighted by Gasteiger charge is 2.17. The number of nitro benzene ring substituents is 1. The van der Waals surface area contributed by atoms with Gasteiger partial charge < -0.3 is 10.1 Å². The predicted octanol–water partition coefficient (Wildman–Crippen LogP) is 1.69. The van der Waals surface area contributed by atoms with E-state index in [2.05, 4.69) is 10.4 Å². The molecule has 0 radical (unpaired) electrons. The molecule has 0 bridgehead atoms. The minimum Gasteiger partial charge on any atom is -0.376 e. The average molecular weight is 316 g/mol. The van der Waals surface area contributed by atoms with Crippen LogP contribution in [0, 0.1) is 10.1 Å². The zero-order valence-corrected chi connectivity index (χ0v) is 12.3. The van der Waals surface area contributed by atoms with E-state index in [4.69, 9.17) is 4.74 Å². The van der Waals surface area contributed by atoms with Crippen molar-refractivity contribution >= 4 is 11.6 Å². The lowest BCUT2D eigenvalue weighted by Crippen LogP contribution is -2.31. The first-order valence-electron chi connectivity index (χ1n) is 7.33. The number of benzene rings is 1. The van der Waals surface area contributed by atoms with Crippen molar-refractivity contribution in [1.82, 2.24) is 15.1 Å². The second-order valence-electron chi connectivity index (χ2n) is 5.29. The Kier molecular flexibility index (Phi) is 4.33. The Morgan fingerprint density at radius 1 is 1.43 bits per heavy atom. The summed E-state index contributed by atoms with van der Waals surface area (Å²) in [5.41, 5.74) is 1.09. The predicted molar refractivity (Wildman–Crippen MR) is 81.5 cm³/mol. The van der Waals surface area contributed by atoms with Crippen LogP contribution in [0.1, 0.15) is 23.2 Å². The first-order chi connectivity index (χ1) is 11.1. The topological polar surface area (TPSA) is 99.3 Å². The van der Waals surface area contributed by atoms with Crippen molar-refractivity contribution in [3.8, 4) is 5.69 Å². The fraction of sp³-hybridized carbons (Fsp3) is 0.333. The van der Waals surface area contributed by atoms with Gasteiger partial charge >= 0.3 is 0 Å². The highest BCUT2D eigenvalue weighted by Crippen LogP contribution is 2.15. The molecule has 2 aromatic rings. The van der Waals surface area contributed by atoms with Crippen molar-refractivity contribution in [2.45, 2.75) is 18.9 Å². The number of nitro groups is 1. The molecule has 1 fully saturated rings. The van der Waals surface area contributed by atoms with Gasteiger partial charge in [0.15, 0.2) is 0 Å². The van der Waals surface area contributed by atoms with Gasteiger partial charge in [0.05, 0.1) is 28.5 Å². The number of ether oxygens (including phenoxy) is 1. The molecule has 1 saturated heterocycles. The maximum absolute atomic E-state index is 12.1. The molecule has 1 aromatic heterocycles. The van der Waals surface area contributed by atoms with Crippen LogP contribution in [0.5, 0.6) is 0 Å². The first-order valence-corrected chi connectivity index (χ1v) is 7.33. The summed E-state index contributed by atoms with van der Waals surface area (Å²) in [6, 6.07) is 5.96. The van der Waals surface area contributed by atoms with Crippen LogP contribution in [-0.4, -0.2) is 39.9 Å². The molecule has 0 spiro atoms. The Labute approximate surface area is 132 Å². The molecule has 8 heteroatoms. The molecule has 120 valence electrons. The van der Waals surface area contributed by atoms with Crippen LogP contribution in [0.4, 0.5) is 5.69 Å². The van der Waals surface area contributed by atoms with E-state index in [1.165, 1.54) is 23.0 Å². The lowest BCUT2D eigenvalue weighted by molar-refractivity contribution is -0.384. The molecule has 0 aliphatic carbocycles.